The van der Waals surface area contributed by atoms with Crippen molar-refractivity contribution in [1.82, 2.24) is 20.5 Å². The van der Waals surface area contributed by atoms with Gasteiger partial charge in [-0.15, -0.1) is 0 Å². The van der Waals surface area contributed by atoms with Crippen molar-refractivity contribution in [2.45, 2.75) is 6.54 Å². The molecule has 5 aromatic rings. The molecule has 7 nitrogen and oxygen atoms in total. The number of H-pyrrole nitrogens is 1. The summed E-state index contributed by atoms with van der Waals surface area (Å²) < 4.78 is 5.26. The molecular formula is C29H25N5O2. The summed E-state index contributed by atoms with van der Waals surface area (Å²) in [6, 6.07) is 26.8. The summed E-state index contributed by atoms with van der Waals surface area (Å²) in [5.41, 5.74) is 5.68. The van der Waals surface area contributed by atoms with Crippen molar-refractivity contribution < 1.29 is 9.53 Å². The molecule has 1 amide bonds. The number of fused-ring (bicyclic) bond motifs is 1. The second-order valence-corrected chi connectivity index (χ2v) is 8.16. The zero-order chi connectivity index (χ0) is 24.7. The molecule has 0 atom stereocenters. The fourth-order valence-corrected chi connectivity index (χ4v) is 3.89. The third kappa shape index (κ3) is 5.26. The highest BCUT2D eigenvalue weighted by Crippen LogP contribution is 2.26. The molecule has 0 spiro atoms. The van der Waals surface area contributed by atoms with Crippen LogP contribution in [0.2, 0.25) is 0 Å². The molecule has 0 radical (unpaired) electrons. The standard InChI is InChI=1S/C29H25N5O2/c1-36-23-9-6-7-20(17-23)19-31-29(35)25-10-2-3-11-26(25)32-22-12-14-24-27(33-34-28(24)18-22)15-13-21-8-4-5-16-30-21/h2-18,32H,19H2,1H3,(H,31,35)(H,33,34)/b15-13+. The van der Waals surface area contributed by atoms with Crippen molar-refractivity contribution in [3.8, 4) is 5.75 Å². The summed E-state index contributed by atoms with van der Waals surface area (Å²) in [6.45, 7) is 0.402. The lowest BCUT2D eigenvalue weighted by Gasteiger charge is -2.13. The van der Waals surface area contributed by atoms with Gasteiger partial charge in [0.05, 0.1) is 35.3 Å². The van der Waals surface area contributed by atoms with Gasteiger partial charge < -0.3 is 15.4 Å². The number of nitrogens with zero attached hydrogens (tertiary/aromatic N) is 2. The van der Waals surface area contributed by atoms with Crippen LogP contribution in [0.4, 0.5) is 11.4 Å². The topological polar surface area (TPSA) is 91.9 Å². The Morgan fingerprint density at radius 2 is 1.86 bits per heavy atom. The lowest BCUT2D eigenvalue weighted by molar-refractivity contribution is 0.0951. The number of aromatic nitrogens is 3. The second-order valence-electron chi connectivity index (χ2n) is 8.16. The Kier molecular flexibility index (Phi) is 6.71. The predicted molar refractivity (Wildman–Crippen MR) is 143 cm³/mol. The van der Waals surface area contributed by atoms with Crippen LogP contribution in [0.15, 0.2) is 91.1 Å². The Morgan fingerprint density at radius 1 is 0.972 bits per heavy atom. The maximum atomic E-state index is 13.0. The number of hydrogen-bond acceptors (Lipinski definition) is 5. The van der Waals surface area contributed by atoms with Gasteiger partial charge in [0.2, 0.25) is 0 Å². The molecule has 178 valence electrons. The summed E-state index contributed by atoms with van der Waals surface area (Å²) in [5, 5.41) is 14.9. The first-order valence-electron chi connectivity index (χ1n) is 11.5. The zero-order valence-corrected chi connectivity index (χ0v) is 19.7. The van der Waals surface area contributed by atoms with Crippen molar-refractivity contribution in [3.05, 3.63) is 114 Å². The van der Waals surface area contributed by atoms with Crippen molar-refractivity contribution in [2.75, 3.05) is 12.4 Å². The minimum atomic E-state index is -0.162. The molecule has 0 aliphatic heterocycles. The number of ether oxygens (including phenoxy) is 1. The number of amides is 1. The number of rotatable bonds is 8. The smallest absolute Gasteiger partial charge is 0.253 e. The minimum Gasteiger partial charge on any atom is -0.497 e. The molecule has 5 rings (SSSR count). The van der Waals surface area contributed by atoms with Gasteiger partial charge in [0, 0.05) is 23.8 Å². The van der Waals surface area contributed by atoms with E-state index in [1.54, 1.807) is 19.4 Å². The highest BCUT2D eigenvalue weighted by molar-refractivity contribution is 6.00. The van der Waals surface area contributed by atoms with E-state index in [9.17, 15) is 4.79 Å². The number of methoxy groups -OCH3 is 1. The summed E-state index contributed by atoms with van der Waals surface area (Å²) >= 11 is 0. The Morgan fingerprint density at radius 3 is 2.72 bits per heavy atom. The fourth-order valence-electron chi connectivity index (χ4n) is 3.89. The van der Waals surface area contributed by atoms with Crippen LogP contribution in [0, 0.1) is 0 Å². The first-order valence-corrected chi connectivity index (χ1v) is 11.5. The third-order valence-electron chi connectivity index (χ3n) is 5.73. The molecule has 2 heterocycles. The lowest BCUT2D eigenvalue weighted by Crippen LogP contribution is -2.23. The van der Waals surface area contributed by atoms with Crippen LogP contribution in [0.25, 0.3) is 23.1 Å². The van der Waals surface area contributed by atoms with E-state index in [0.29, 0.717) is 12.1 Å². The molecule has 0 aliphatic rings. The van der Waals surface area contributed by atoms with E-state index in [-0.39, 0.29) is 5.91 Å². The van der Waals surface area contributed by atoms with Crippen LogP contribution in [0.5, 0.6) is 5.75 Å². The van der Waals surface area contributed by atoms with Crippen molar-refractivity contribution >= 4 is 40.3 Å². The molecule has 36 heavy (non-hydrogen) atoms. The Bertz CT molecular complexity index is 1530. The van der Waals surface area contributed by atoms with Crippen molar-refractivity contribution in [2.24, 2.45) is 0 Å². The minimum absolute atomic E-state index is 0.162. The number of pyridine rings is 1. The molecule has 3 aromatic carbocycles. The summed E-state index contributed by atoms with van der Waals surface area (Å²) in [6.07, 6.45) is 5.63. The average Bonchev–Trinajstić information content (AvgIpc) is 3.33. The number of aromatic amines is 1. The maximum absolute atomic E-state index is 13.0. The second kappa shape index (κ2) is 10.6. The summed E-state index contributed by atoms with van der Waals surface area (Å²) in [7, 11) is 1.62. The van der Waals surface area contributed by atoms with E-state index in [2.05, 4.69) is 25.8 Å². The predicted octanol–water partition coefficient (Wildman–Crippen LogP) is 5.81. The SMILES string of the molecule is COc1cccc(CNC(=O)c2ccccc2Nc2ccc3c(/C=C/c4ccccn4)n[nH]c3c2)c1. The highest BCUT2D eigenvalue weighted by Gasteiger charge is 2.12. The van der Waals surface area contributed by atoms with Gasteiger partial charge in [-0.25, -0.2) is 0 Å². The van der Waals surface area contributed by atoms with Gasteiger partial charge in [-0.1, -0.05) is 30.3 Å². The lowest BCUT2D eigenvalue weighted by atomic mass is 10.1. The van der Waals surface area contributed by atoms with Crippen LogP contribution in [-0.2, 0) is 6.54 Å². The number of carbonyl (C=O) groups is 1. The molecule has 0 aliphatic carbocycles. The quantitative estimate of drug-likeness (QED) is 0.263. The van der Waals surface area contributed by atoms with Gasteiger partial charge in [-0.3, -0.25) is 14.9 Å². The molecule has 0 saturated carbocycles. The maximum Gasteiger partial charge on any atom is 0.253 e. The molecule has 0 saturated heterocycles. The van der Waals surface area contributed by atoms with E-state index >= 15 is 0 Å². The van der Waals surface area contributed by atoms with Crippen LogP contribution in [0.3, 0.4) is 0 Å². The number of hydrogen-bond donors (Lipinski definition) is 3. The first-order chi connectivity index (χ1) is 17.7. The van der Waals surface area contributed by atoms with Crippen LogP contribution < -0.4 is 15.4 Å². The van der Waals surface area contributed by atoms with Gasteiger partial charge in [-0.05, 0) is 72.3 Å². The molecule has 0 bridgehead atoms. The summed E-state index contributed by atoms with van der Waals surface area (Å²) in [4.78, 5) is 17.3. The molecule has 2 aromatic heterocycles. The zero-order valence-electron chi connectivity index (χ0n) is 19.7. The molecular weight excluding hydrogens is 450 g/mol. The monoisotopic (exact) mass is 475 g/mol. The highest BCUT2D eigenvalue weighted by atomic mass is 16.5. The first kappa shape index (κ1) is 22.9. The third-order valence-corrected chi connectivity index (χ3v) is 5.73. The largest absolute Gasteiger partial charge is 0.497 e. The van der Waals surface area contributed by atoms with Gasteiger partial charge in [0.15, 0.2) is 0 Å². The number of carbonyl (C=O) groups excluding carboxylic acids is 1. The fraction of sp³-hybridized carbons (Fsp3) is 0.0690. The van der Waals surface area contributed by atoms with Crippen molar-refractivity contribution in [1.29, 1.82) is 0 Å². The molecule has 0 unspecified atom stereocenters. The van der Waals surface area contributed by atoms with Gasteiger partial charge >= 0.3 is 0 Å². The van der Waals surface area contributed by atoms with Gasteiger partial charge in [-0.2, -0.15) is 5.10 Å². The number of para-hydroxylation sites is 1. The van der Waals surface area contributed by atoms with Crippen molar-refractivity contribution in [3.63, 3.8) is 0 Å². The van der Waals surface area contributed by atoms with E-state index in [1.165, 1.54) is 0 Å². The summed E-state index contributed by atoms with van der Waals surface area (Å²) in [5.74, 6) is 0.596. The Hall–Kier alpha value is -4.91. The van der Waals surface area contributed by atoms with Crippen LogP contribution in [-0.4, -0.2) is 28.2 Å². The van der Waals surface area contributed by atoms with Gasteiger partial charge in [0.25, 0.3) is 5.91 Å². The number of nitrogens with one attached hydrogen (secondary N) is 3. The van der Waals surface area contributed by atoms with Crippen LogP contribution in [0.1, 0.15) is 27.3 Å². The Balaban J connectivity index is 1.31. The molecule has 3 N–H and O–H groups in total. The van der Waals surface area contributed by atoms with E-state index in [4.69, 9.17) is 4.74 Å². The van der Waals surface area contributed by atoms with E-state index < -0.39 is 0 Å². The average molecular weight is 476 g/mol. The molecule has 0 fully saturated rings. The Labute approximate surface area is 208 Å². The van der Waals surface area contributed by atoms with E-state index in [1.807, 2.05) is 91.0 Å². The normalized spacial score (nSPS) is 11.0. The number of anilines is 2. The van der Waals surface area contributed by atoms with E-state index in [0.717, 1.165) is 45.0 Å². The van der Waals surface area contributed by atoms with Gasteiger partial charge in [0.1, 0.15) is 5.75 Å². The number of benzene rings is 3. The molecule has 7 heteroatoms. The van der Waals surface area contributed by atoms with Crippen LogP contribution >= 0.6 is 0 Å².